The number of aliphatic hydroxyl groups is 1. The van der Waals surface area contributed by atoms with Gasteiger partial charge in [-0.2, -0.15) is 0 Å². The molecule has 1 aromatic carbocycles. The Morgan fingerprint density at radius 1 is 1.27 bits per heavy atom. The number of hydrogen-bond acceptors (Lipinski definition) is 2. The fourth-order valence-electron chi connectivity index (χ4n) is 1.49. The van der Waals surface area contributed by atoms with E-state index >= 15 is 0 Å². The molecule has 0 fully saturated rings. The zero-order valence-corrected chi connectivity index (χ0v) is 9.83. The average molecular weight is 207 g/mol. The molecule has 0 saturated carbocycles. The maximum atomic E-state index is 9.54. The summed E-state index contributed by atoms with van der Waals surface area (Å²) >= 11 is 0. The van der Waals surface area contributed by atoms with Gasteiger partial charge in [0.25, 0.3) is 0 Å². The summed E-state index contributed by atoms with van der Waals surface area (Å²) in [6.07, 6.45) is 0. The molecule has 0 spiro atoms. The Morgan fingerprint density at radius 2 is 1.87 bits per heavy atom. The first-order valence-electron chi connectivity index (χ1n) is 5.47. The molecule has 0 radical (unpaired) electrons. The van der Waals surface area contributed by atoms with E-state index in [0.29, 0.717) is 12.5 Å². The third kappa shape index (κ3) is 4.96. The van der Waals surface area contributed by atoms with Gasteiger partial charge in [0.1, 0.15) is 0 Å². The van der Waals surface area contributed by atoms with Crippen molar-refractivity contribution < 1.29 is 5.11 Å². The van der Waals surface area contributed by atoms with Crippen LogP contribution < -0.4 is 5.32 Å². The van der Waals surface area contributed by atoms with Crippen LogP contribution in [0, 0.1) is 0 Å². The van der Waals surface area contributed by atoms with E-state index in [0.717, 1.165) is 6.54 Å². The molecule has 0 heterocycles. The van der Waals surface area contributed by atoms with Crippen LogP contribution in [-0.4, -0.2) is 23.8 Å². The molecule has 0 bridgehead atoms. The van der Waals surface area contributed by atoms with E-state index in [1.54, 1.807) is 0 Å². The van der Waals surface area contributed by atoms with Gasteiger partial charge in [0.2, 0.25) is 0 Å². The molecule has 2 N–H and O–H groups in total. The van der Waals surface area contributed by atoms with E-state index in [2.05, 4.69) is 36.5 Å². The second-order valence-electron chi connectivity index (χ2n) is 4.76. The summed E-state index contributed by atoms with van der Waals surface area (Å²) in [4.78, 5) is 0. The summed E-state index contributed by atoms with van der Waals surface area (Å²) in [7, 11) is 0. The van der Waals surface area contributed by atoms with Crippen LogP contribution in [0.5, 0.6) is 0 Å². The molecule has 0 saturated heterocycles. The molecule has 0 aliphatic carbocycles. The molecule has 0 aromatic heterocycles. The molecule has 1 aromatic rings. The Kier molecular flexibility index (Phi) is 4.30. The van der Waals surface area contributed by atoms with Crippen molar-refractivity contribution in [2.75, 3.05) is 13.1 Å². The molecule has 0 aliphatic rings. The molecule has 0 aliphatic heterocycles. The van der Waals surface area contributed by atoms with Crippen molar-refractivity contribution in [3.63, 3.8) is 0 Å². The zero-order valence-electron chi connectivity index (χ0n) is 9.83. The van der Waals surface area contributed by atoms with Crippen LogP contribution in [0.2, 0.25) is 0 Å². The first-order chi connectivity index (χ1) is 6.99. The minimum Gasteiger partial charge on any atom is -0.389 e. The predicted molar refractivity (Wildman–Crippen MR) is 64.0 cm³/mol. The van der Waals surface area contributed by atoms with Crippen LogP contribution in [-0.2, 0) is 0 Å². The monoisotopic (exact) mass is 207 g/mol. The molecule has 0 amide bonds. The van der Waals surface area contributed by atoms with Gasteiger partial charge in [-0.15, -0.1) is 0 Å². The van der Waals surface area contributed by atoms with Crippen molar-refractivity contribution >= 4 is 0 Å². The van der Waals surface area contributed by atoms with Crippen LogP contribution in [0.25, 0.3) is 0 Å². The van der Waals surface area contributed by atoms with Crippen molar-refractivity contribution in [1.82, 2.24) is 5.32 Å². The van der Waals surface area contributed by atoms with Gasteiger partial charge in [-0.3, -0.25) is 0 Å². The fraction of sp³-hybridized carbons (Fsp3) is 0.538. The van der Waals surface area contributed by atoms with Gasteiger partial charge in [0.15, 0.2) is 0 Å². The highest BCUT2D eigenvalue weighted by Gasteiger charge is 2.12. The minimum absolute atomic E-state index is 0.480. The van der Waals surface area contributed by atoms with Crippen molar-refractivity contribution in [3.8, 4) is 0 Å². The standard InChI is InChI=1S/C13H21NO/c1-11(9-14-10-13(2,3)15)12-7-5-4-6-8-12/h4-8,11,14-15H,9-10H2,1-3H3. The van der Waals surface area contributed by atoms with Crippen LogP contribution in [0.15, 0.2) is 30.3 Å². The lowest BCUT2D eigenvalue weighted by atomic mass is 10.0. The summed E-state index contributed by atoms with van der Waals surface area (Å²) in [5, 5.41) is 12.8. The largest absolute Gasteiger partial charge is 0.389 e. The molecule has 1 unspecified atom stereocenters. The van der Waals surface area contributed by atoms with E-state index in [1.165, 1.54) is 5.56 Å². The van der Waals surface area contributed by atoms with Crippen molar-refractivity contribution in [2.24, 2.45) is 0 Å². The molecule has 15 heavy (non-hydrogen) atoms. The highest BCUT2D eigenvalue weighted by Crippen LogP contribution is 2.13. The fourth-order valence-corrected chi connectivity index (χ4v) is 1.49. The normalized spacial score (nSPS) is 13.9. The van der Waals surface area contributed by atoms with Gasteiger partial charge in [0.05, 0.1) is 5.60 Å². The first-order valence-corrected chi connectivity index (χ1v) is 5.47. The van der Waals surface area contributed by atoms with E-state index in [1.807, 2.05) is 19.9 Å². The molecule has 2 nitrogen and oxygen atoms in total. The van der Waals surface area contributed by atoms with Crippen molar-refractivity contribution in [1.29, 1.82) is 0 Å². The molecule has 1 rings (SSSR count). The second kappa shape index (κ2) is 5.29. The molecule has 1 atom stereocenters. The van der Waals surface area contributed by atoms with Crippen LogP contribution >= 0.6 is 0 Å². The predicted octanol–water partition coefficient (Wildman–Crippen LogP) is 2.15. The Balaban J connectivity index is 2.34. The highest BCUT2D eigenvalue weighted by molar-refractivity contribution is 5.18. The lowest BCUT2D eigenvalue weighted by molar-refractivity contribution is 0.0797. The van der Waals surface area contributed by atoms with E-state index in [9.17, 15) is 5.11 Å². The lowest BCUT2D eigenvalue weighted by Crippen LogP contribution is -2.36. The number of nitrogens with one attached hydrogen (secondary N) is 1. The smallest absolute Gasteiger partial charge is 0.0715 e. The van der Waals surface area contributed by atoms with Crippen LogP contribution in [0.4, 0.5) is 0 Å². The Hall–Kier alpha value is -0.860. The third-order valence-corrected chi connectivity index (χ3v) is 2.38. The summed E-state index contributed by atoms with van der Waals surface area (Å²) in [6, 6.07) is 10.4. The number of hydrogen-bond donors (Lipinski definition) is 2. The number of benzene rings is 1. The zero-order chi connectivity index (χ0) is 11.3. The van der Waals surface area contributed by atoms with Gasteiger partial charge in [0, 0.05) is 13.1 Å². The second-order valence-corrected chi connectivity index (χ2v) is 4.76. The summed E-state index contributed by atoms with van der Waals surface area (Å²) in [5.41, 5.74) is 0.705. The van der Waals surface area contributed by atoms with Crippen LogP contribution in [0.3, 0.4) is 0 Å². The van der Waals surface area contributed by atoms with Gasteiger partial charge in [-0.1, -0.05) is 37.3 Å². The van der Waals surface area contributed by atoms with Crippen molar-refractivity contribution in [3.05, 3.63) is 35.9 Å². The summed E-state index contributed by atoms with van der Waals surface area (Å²) in [5.74, 6) is 0.480. The maximum Gasteiger partial charge on any atom is 0.0715 e. The third-order valence-electron chi connectivity index (χ3n) is 2.38. The molecule has 84 valence electrons. The number of rotatable bonds is 5. The first kappa shape index (κ1) is 12.2. The highest BCUT2D eigenvalue weighted by atomic mass is 16.3. The molecular weight excluding hydrogens is 186 g/mol. The van der Waals surface area contributed by atoms with Gasteiger partial charge in [-0.25, -0.2) is 0 Å². The minimum atomic E-state index is -0.629. The summed E-state index contributed by atoms with van der Waals surface area (Å²) in [6.45, 7) is 7.34. The van der Waals surface area contributed by atoms with E-state index in [4.69, 9.17) is 0 Å². The van der Waals surface area contributed by atoms with Gasteiger partial charge < -0.3 is 10.4 Å². The summed E-state index contributed by atoms with van der Waals surface area (Å²) < 4.78 is 0. The van der Waals surface area contributed by atoms with E-state index in [-0.39, 0.29) is 0 Å². The Labute approximate surface area is 92.3 Å². The molecular formula is C13H21NO. The Morgan fingerprint density at radius 3 is 2.40 bits per heavy atom. The van der Waals surface area contributed by atoms with Gasteiger partial charge in [-0.05, 0) is 25.3 Å². The average Bonchev–Trinajstić information content (AvgIpc) is 2.17. The SMILES string of the molecule is CC(CNCC(C)(C)O)c1ccccc1. The van der Waals surface area contributed by atoms with Gasteiger partial charge >= 0.3 is 0 Å². The quantitative estimate of drug-likeness (QED) is 0.775. The van der Waals surface area contributed by atoms with E-state index < -0.39 is 5.60 Å². The van der Waals surface area contributed by atoms with Crippen LogP contribution in [0.1, 0.15) is 32.3 Å². The van der Waals surface area contributed by atoms with Crippen molar-refractivity contribution in [2.45, 2.75) is 32.3 Å². The topological polar surface area (TPSA) is 32.3 Å². The Bertz CT molecular complexity index is 276. The lowest BCUT2D eigenvalue weighted by Gasteiger charge is -2.20. The molecule has 2 heteroatoms. The maximum absolute atomic E-state index is 9.54.